The number of pyridine rings is 1. The van der Waals surface area contributed by atoms with E-state index in [1.165, 1.54) is 48.3 Å². The third-order valence-corrected chi connectivity index (χ3v) is 6.09. The van der Waals surface area contributed by atoms with E-state index < -0.39 is 20.2 Å². The first-order valence-corrected chi connectivity index (χ1v) is 13.8. The van der Waals surface area contributed by atoms with E-state index in [0.29, 0.717) is 0 Å². The molecule has 0 radical (unpaired) electrons. The molecule has 12 heteroatoms. The van der Waals surface area contributed by atoms with Gasteiger partial charge in [0, 0.05) is 12.4 Å². The van der Waals surface area contributed by atoms with Crippen LogP contribution in [-0.4, -0.2) is 78.4 Å². The molecule has 3 aromatic rings. The number of hydrogen-bond acceptors (Lipinski definition) is 8. The van der Waals surface area contributed by atoms with E-state index in [4.69, 9.17) is 4.74 Å². The molecule has 1 aromatic heterocycles. The van der Waals surface area contributed by atoms with Crippen molar-refractivity contribution in [1.82, 2.24) is 9.47 Å². The van der Waals surface area contributed by atoms with Crippen LogP contribution in [0.25, 0.3) is 0 Å². The zero-order valence-corrected chi connectivity index (χ0v) is 22.2. The summed E-state index contributed by atoms with van der Waals surface area (Å²) in [5.41, 5.74) is 1.34. The van der Waals surface area contributed by atoms with Gasteiger partial charge in [-0.2, -0.15) is 0 Å². The topological polar surface area (TPSA) is 153 Å². The summed E-state index contributed by atoms with van der Waals surface area (Å²) in [6, 6.07) is 20.2. The molecule has 0 amide bonds. The Morgan fingerprint density at radius 3 is 1.47 bits per heavy atom. The Hall–Kier alpha value is -2.71. The van der Waals surface area contributed by atoms with Crippen molar-refractivity contribution in [2.75, 3.05) is 47.4 Å². The molecule has 36 heavy (non-hydrogen) atoms. The Morgan fingerprint density at radius 1 is 0.750 bits per heavy atom. The van der Waals surface area contributed by atoms with E-state index in [1.807, 2.05) is 6.07 Å². The number of benzene rings is 2. The summed E-state index contributed by atoms with van der Waals surface area (Å²) in [5.74, 6) is 0. The minimum absolute atomic E-state index is 0.185. The monoisotopic (exact) mass is 539 g/mol. The Morgan fingerprint density at radius 2 is 1.22 bits per heavy atom. The fourth-order valence-corrected chi connectivity index (χ4v) is 3.46. The molecule has 2 heterocycles. The van der Waals surface area contributed by atoms with Gasteiger partial charge < -0.3 is 19.2 Å². The standard InChI is InChI=1S/C9H14N.C6H6O3S.C5H5NO3S.C4H9NO/c1-10(2,3)9-7-5-4-6-8-9;7-10(8,9)6-4-2-1-3-5-6;7-10(8,9)5-2-1-3-6-4-5;1-3-6-4-2-5-1/h4-8H,1-3H3;1-5H,(H,7,8,9);1-4H,(H,7,8,9);5H,1-4H2/q+1;;;/p-1. The van der Waals surface area contributed by atoms with Crippen LogP contribution in [-0.2, 0) is 25.0 Å². The lowest BCUT2D eigenvalue weighted by Gasteiger charge is -2.22. The maximum Gasteiger partial charge on any atom is 0.132 e. The number of rotatable bonds is 3. The van der Waals surface area contributed by atoms with Crippen molar-refractivity contribution in [1.29, 1.82) is 0 Å². The second-order valence-corrected chi connectivity index (χ2v) is 11.0. The summed E-state index contributed by atoms with van der Waals surface area (Å²) in [7, 11) is -2.08. The van der Waals surface area contributed by atoms with E-state index in [9.17, 15) is 25.9 Å². The van der Waals surface area contributed by atoms with Crippen molar-refractivity contribution in [3.8, 4) is 0 Å². The Bertz CT molecular complexity index is 1120. The summed E-state index contributed by atoms with van der Waals surface area (Å²) >= 11 is 0. The van der Waals surface area contributed by atoms with E-state index >= 15 is 0 Å². The van der Waals surface area contributed by atoms with Crippen molar-refractivity contribution < 1.29 is 36.0 Å². The molecule has 1 aliphatic rings. The first kappa shape index (κ1) is 31.3. The maximum atomic E-state index is 10.3. The molecule has 2 aromatic carbocycles. The highest BCUT2D eigenvalue weighted by molar-refractivity contribution is 7.86. The van der Waals surface area contributed by atoms with Crippen LogP contribution in [0.3, 0.4) is 0 Å². The van der Waals surface area contributed by atoms with E-state index in [2.05, 4.69) is 55.7 Å². The van der Waals surface area contributed by atoms with Crippen LogP contribution in [0, 0.1) is 0 Å². The van der Waals surface area contributed by atoms with Crippen molar-refractivity contribution in [2.45, 2.75) is 9.79 Å². The highest BCUT2D eigenvalue weighted by atomic mass is 32.2. The van der Waals surface area contributed by atoms with Gasteiger partial charge in [-0.25, -0.2) is 16.8 Å². The zero-order valence-electron chi connectivity index (χ0n) is 20.6. The molecular formula is C24H33N3O7S2. The second-order valence-electron chi connectivity index (χ2n) is 8.24. The van der Waals surface area contributed by atoms with Crippen LogP contribution in [0.5, 0.6) is 0 Å². The minimum Gasteiger partial charge on any atom is -0.744 e. The van der Waals surface area contributed by atoms with Crippen LogP contribution in [0.15, 0.2) is 95.0 Å². The first-order valence-electron chi connectivity index (χ1n) is 10.9. The molecule has 0 spiro atoms. The molecule has 0 saturated carbocycles. The smallest absolute Gasteiger partial charge is 0.132 e. The molecule has 2 N–H and O–H groups in total. The van der Waals surface area contributed by atoms with E-state index in [-0.39, 0.29) is 9.79 Å². The highest BCUT2D eigenvalue weighted by Gasteiger charge is 2.09. The summed E-state index contributed by atoms with van der Waals surface area (Å²) in [6.45, 7) is 4.19. The predicted octanol–water partition coefficient (Wildman–Crippen LogP) is 1.04. The minimum atomic E-state index is -4.32. The van der Waals surface area contributed by atoms with Gasteiger partial charge in [-0.1, -0.05) is 36.4 Å². The molecule has 0 unspecified atom stereocenters. The van der Waals surface area contributed by atoms with Crippen LogP contribution in [0.4, 0.5) is 5.69 Å². The molecule has 1 fully saturated rings. The molecule has 198 valence electrons. The maximum absolute atomic E-state index is 10.3. The Kier molecular flexibility index (Phi) is 13.4. The molecule has 0 atom stereocenters. The van der Waals surface area contributed by atoms with Gasteiger partial charge in [0.2, 0.25) is 0 Å². The molecule has 4 rings (SSSR count). The summed E-state index contributed by atoms with van der Waals surface area (Å²) < 4.78 is 67.5. The van der Waals surface area contributed by atoms with Gasteiger partial charge in [0.15, 0.2) is 0 Å². The second kappa shape index (κ2) is 15.4. The van der Waals surface area contributed by atoms with E-state index in [1.54, 1.807) is 6.07 Å². The summed E-state index contributed by atoms with van der Waals surface area (Å²) in [5, 5.41) is 2.27. The van der Waals surface area contributed by atoms with Gasteiger partial charge in [0.25, 0.3) is 0 Å². The molecule has 0 bridgehead atoms. The summed E-state index contributed by atoms with van der Waals surface area (Å²) in [6.07, 6.45) is 2.41. The van der Waals surface area contributed by atoms with Gasteiger partial charge in [-0.05, 0) is 36.4 Å². The molecule has 1 aliphatic heterocycles. The number of hydrogen-bond donors (Lipinski definition) is 1. The Balaban J connectivity index is 0.000000244. The molecule has 1 saturated heterocycles. The van der Waals surface area contributed by atoms with Crippen molar-refractivity contribution in [2.24, 2.45) is 0 Å². The average molecular weight is 540 g/mol. The summed E-state index contributed by atoms with van der Waals surface area (Å²) in [4.78, 5) is 2.99. The average Bonchev–Trinajstić information content (AvgIpc) is 2.86. The SMILES string of the molecule is C1COCC[NH2+]1.C[N+](C)(C)c1ccccc1.O=S(=O)([O-])c1ccccc1.O=S(=O)([O-])c1cccnc1. The van der Waals surface area contributed by atoms with Gasteiger partial charge in [-0.15, -0.1) is 0 Å². The third kappa shape index (κ3) is 14.0. The lowest BCUT2D eigenvalue weighted by Crippen LogP contribution is -2.87. The number of quaternary nitrogens is 2. The van der Waals surface area contributed by atoms with Crippen LogP contribution in [0.2, 0.25) is 0 Å². The number of morpholine rings is 1. The first-order chi connectivity index (χ1) is 16.8. The number of nitrogens with two attached hydrogens (primary N) is 1. The van der Waals surface area contributed by atoms with Gasteiger partial charge in [0.05, 0.1) is 57.2 Å². The Labute approximate surface area is 213 Å². The van der Waals surface area contributed by atoms with Gasteiger partial charge in [-0.3, -0.25) is 9.47 Å². The molecular weight excluding hydrogens is 506 g/mol. The fraction of sp³-hybridized carbons (Fsp3) is 0.292. The third-order valence-electron chi connectivity index (χ3n) is 4.42. The largest absolute Gasteiger partial charge is 0.744 e. The van der Waals surface area contributed by atoms with Gasteiger partial charge in [0.1, 0.15) is 25.9 Å². The van der Waals surface area contributed by atoms with Crippen molar-refractivity contribution in [3.63, 3.8) is 0 Å². The lowest BCUT2D eigenvalue weighted by molar-refractivity contribution is -0.670. The van der Waals surface area contributed by atoms with Crippen LogP contribution in [0.1, 0.15) is 0 Å². The molecule has 10 nitrogen and oxygen atoms in total. The fourth-order valence-electron chi connectivity index (χ4n) is 2.54. The van der Waals surface area contributed by atoms with Crippen molar-refractivity contribution >= 4 is 25.9 Å². The van der Waals surface area contributed by atoms with E-state index in [0.717, 1.165) is 37.0 Å². The number of aromatic nitrogens is 1. The lowest BCUT2D eigenvalue weighted by atomic mass is 10.3. The van der Waals surface area contributed by atoms with Crippen molar-refractivity contribution in [3.05, 3.63) is 85.2 Å². The van der Waals surface area contributed by atoms with Gasteiger partial charge >= 0.3 is 0 Å². The number of para-hydroxylation sites is 1. The number of ether oxygens (including phenoxy) is 1. The number of nitrogens with zero attached hydrogens (tertiary/aromatic N) is 2. The zero-order chi connectivity index (χ0) is 27.1. The quantitative estimate of drug-likeness (QED) is 0.383. The highest BCUT2D eigenvalue weighted by Crippen LogP contribution is 2.14. The predicted molar refractivity (Wildman–Crippen MR) is 135 cm³/mol. The van der Waals surface area contributed by atoms with Crippen LogP contribution >= 0.6 is 0 Å². The van der Waals surface area contributed by atoms with Crippen LogP contribution < -0.4 is 9.80 Å². The normalized spacial score (nSPS) is 13.5. The molecule has 0 aliphatic carbocycles.